The van der Waals surface area contributed by atoms with Crippen molar-refractivity contribution in [1.29, 1.82) is 0 Å². The molecule has 2 rings (SSSR count). The highest BCUT2D eigenvalue weighted by atomic mass is 16.5. The molecule has 1 aliphatic rings. The van der Waals surface area contributed by atoms with Crippen molar-refractivity contribution in [2.24, 2.45) is 0 Å². The first-order valence-corrected chi connectivity index (χ1v) is 5.04. The van der Waals surface area contributed by atoms with Crippen molar-refractivity contribution >= 4 is 0 Å². The van der Waals surface area contributed by atoms with E-state index in [4.69, 9.17) is 9.47 Å². The molecule has 1 heterocycles. The molecule has 0 radical (unpaired) electrons. The highest BCUT2D eigenvalue weighted by Crippen LogP contribution is 2.38. The van der Waals surface area contributed by atoms with Gasteiger partial charge in [-0.15, -0.1) is 0 Å². The third-order valence-corrected chi connectivity index (χ3v) is 2.93. The first kappa shape index (κ1) is 9.38. The Morgan fingerprint density at radius 3 is 2.86 bits per heavy atom. The van der Waals surface area contributed by atoms with Crippen molar-refractivity contribution in [2.75, 3.05) is 13.7 Å². The Morgan fingerprint density at radius 1 is 1.36 bits per heavy atom. The minimum atomic E-state index is 0.811. The second kappa shape index (κ2) is 3.52. The predicted molar refractivity (Wildman–Crippen MR) is 56.3 cm³/mol. The third-order valence-electron chi connectivity index (χ3n) is 2.93. The molecular formula is C12H16O2. The number of hydrogen-bond acceptors (Lipinski definition) is 2. The molecule has 0 saturated carbocycles. The summed E-state index contributed by atoms with van der Waals surface area (Å²) in [6, 6.07) is 2.06. The van der Waals surface area contributed by atoms with Crippen LogP contribution in [0.25, 0.3) is 0 Å². The fourth-order valence-corrected chi connectivity index (χ4v) is 1.96. The Bertz CT molecular complexity index is 356. The van der Waals surface area contributed by atoms with E-state index in [9.17, 15) is 0 Å². The average Bonchev–Trinajstić information content (AvgIpc) is 2.23. The van der Waals surface area contributed by atoms with E-state index < -0.39 is 0 Å². The van der Waals surface area contributed by atoms with Crippen LogP contribution in [0, 0.1) is 13.8 Å². The summed E-state index contributed by atoms with van der Waals surface area (Å²) < 4.78 is 11.0. The molecule has 1 aliphatic heterocycles. The molecule has 14 heavy (non-hydrogen) atoms. The van der Waals surface area contributed by atoms with Crippen LogP contribution in [0.4, 0.5) is 0 Å². The van der Waals surface area contributed by atoms with Gasteiger partial charge in [-0.05, 0) is 43.9 Å². The van der Waals surface area contributed by atoms with Crippen LogP contribution in [0.3, 0.4) is 0 Å². The summed E-state index contributed by atoms with van der Waals surface area (Å²) >= 11 is 0. The number of ether oxygens (including phenoxy) is 2. The summed E-state index contributed by atoms with van der Waals surface area (Å²) in [5, 5.41) is 0. The van der Waals surface area contributed by atoms with Crippen LogP contribution in [-0.4, -0.2) is 13.7 Å². The predicted octanol–water partition coefficient (Wildman–Crippen LogP) is 2.64. The normalized spacial score (nSPS) is 14.5. The van der Waals surface area contributed by atoms with Gasteiger partial charge in [0.2, 0.25) is 0 Å². The monoisotopic (exact) mass is 192 g/mol. The number of methoxy groups -OCH3 is 1. The zero-order valence-electron chi connectivity index (χ0n) is 9.02. The highest BCUT2D eigenvalue weighted by Gasteiger charge is 2.18. The lowest BCUT2D eigenvalue weighted by Crippen LogP contribution is -2.11. The quantitative estimate of drug-likeness (QED) is 0.681. The fourth-order valence-electron chi connectivity index (χ4n) is 1.96. The lowest BCUT2D eigenvalue weighted by Gasteiger charge is -2.22. The van der Waals surface area contributed by atoms with E-state index in [1.165, 1.54) is 16.7 Å². The Morgan fingerprint density at radius 2 is 2.14 bits per heavy atom. The number of hydrogen-bond donors (Lipinski definition) is 0. The van der Waals surface area contributed by atoms with Gasteiger partial charge in [0.1, 0.15) is 0 Å². The van der Waals surface area contributed by atoms with Gasteiger partial charge in [0, 0.05) is 5.56 Å². The van der Waals surface area contributed by atoms with Crippen LogP contribution in [0.5, 0.6) is 11.5 Å². The molecule has 0 atom stereocenters. The highest BCUT2D eigenvalue weighted by molar-refractivity contribution is 5.54. The van der Waals surface area contributed by atoms with Crippen molar-refractivity contribution in [3.05, 3.63) is 22.8 Å². The molecule has 0 aromatic heterocycles. The number of fused-ring (bicyclic) bond motifs is 1. The third kappa shape index (κ3) is 1.35. The Labute approximate surface area is 84.8 Å². The van der Waals surface area contributed by atoms with E-state index in [0.717, 1.165) is 30.9 Å². The summed E-state index contributed by atoms with van der Waals surface area (Å²) in [5.41, 5.74) is 3.96. The first-order valence-electron chi connectivity index (χ1n) is 5.04. The van der Waals surface area contributed by atoms with E-state index in [1.54, 1.807) is 7.11 Å². The van der Waals surface area contributed by atoms with E-state index in [0.29, 0.717) is 0 Å². The van der Waals surface area contributed by atoms with Crippen molar-refractivity contribution < 1.29 is 9.47 Å². The lowest BCUT2D eigenvalue weighted by atomic mass is 9.96. The van der Waals surface area contributed by atoms with Crippen LogP contribution in [0.2, 0.25) is 0 Å². The van der Waals surface area contributed by atoms with Gasteiger partial charge < -0.3 is 9.47 Å². The van der Waals surface area contributed by atoms with Gasteiger partial charge in [0.25, 0.3) is 0 Å². The fraction of sp³-hybridized carbons (Fsp3) is 0.500. The first-order chi connectivity index (χ1) is 6.74. The smallest absolute Gasteiger partial charge is 0.164 e. The Hall–Kier alpha value is -1.18. The van der Waals surface area contributed by atoms with Gasteiger partial charge in [0.15, 0.2) is 11.5 Å². The molecule has 0 N–H and O–H groups in total. The topological polar surface area (TPSA) is 18.5 Å². The SMILES string of the molecule is COc1cc(C)c(C)c2c1OCCC2. The summed E-state index contributed by atoms with van der Waals surface area (Å²) in [5.74, 6) is 1.84. The maximum atomic E-state index is 5.66. The molecule has 0 amide bonds. The van der Waals surface area contributed by atoms with Gasteiger partial charge in [0.05, 0.1) is 13.7 Å². The zero-order chi connectivity index (χ0) is 10.1. The summed E-state index contributed by atoms with van der Waals surface area (Å²) in [7, 11) is 1.70. The largest absolute Gasteiger partial charge is 0.493 e. The molecule has 0 fully saturated rings. The lowest BCUT2D eigenvalue weighted by molar-refractivity contribution is 0.268. The van der Waals surface area contributed by atoms with Crippen molar-refractivity contribution in [1.82, 2.24) is 0 Å². The van der Waals surface area contributed by atoms with E-state index in [1.807, 2.05) is 0 Å². The summed E-state index contributed by atoms with van der Waals surface area (Å²) in [6.45, 7) is 5.08. The second-order valence-corrected chi connectivity index (χ2v) is 3.78. The number of benzene rings is 1. The van der Waals surface area contributed by atoms with E-state index in [2.05, 4.69) is 19.9 Å². The molecule has 1 aromatic rings. The molecule has 2 heteroatoms. The summed E-state index contributed by atoms with van der Waals surface area (Å²) in [4.78, 5) is 0. The number of rotatable bonds is 1. The van der Waals surface area contributed by atoms with Crippen LogP contribution < -0.4 is 9.47 Å². The standard InChI is InChI=1S/C12H16O2/c1-8-7-11(13-3)12-10(9(8)2)5-4-6-14-12/h7H,4-6H2,1-3H3. The summed E-state index contributed by atoms with van der Waals surface area (Å²) in [6.07, 6.45) is 2.22. The zero-order valence-corrected chi connectivity index (χ0v) is 9.02. The Balaban J connectivity index is 2.60. The molecule has 0 bridgehead atoms. The maximum absolute atomic E-state index is 5.66. The van der Waals surface area contributed by atoms with Gasteiger partial charge >= 0.3 is 0 Å². The van der Waals surface area contributed by atoms with Gasteiger partial charge in [-0.1, -0.05) is 0 Å². The minimum Gasteiger partial charge on any atom is -0.493 e. The van der Waals surface area contributed by atoms with E-state index >= 15 is 0 Å². The van der Waals surface area contributed by atoms with Crippen molar-refractivity contribution in [2.45, 2.75) is 26.7 Å². The molecule has 0 unspecified atom stereocenters. The van der Waals surface area contributed by atoms with E-state index in [-0.39, 0.29) is 0 Å². The van der Waals surface area contributed by atoms with Crippen molar-refractivity contribution in [3.8, 4) is 11.5 Å². The minimum absolute atomic E-state index is 0.811. The maximum Gasteiger partial charge on any atom is 0.164 e. The Kier molecular flexibility index (Phi) is 2.36. The molecule has 2 nitrogen and oxygen atoms in total. The van der Waals surface area contributed by atoms with Gasteiger partial charge in [-0.2, -0.15) is 0 Å². The molecular weight excluding hydrogens is 176 g/mol. The molecule has 1 aromatic carbocycles. The van der Waals surface area contributed by atoms with Crippen LogP contribution >= 0.6 is 0 Å². The van der Waals surface area contributed by atoms with Crippen molar-refractivity contribution in [3.63, 3.8) is 0 Å². The van der Waals surface area contributed by atoms with Crippen LogP contribution in [-0.2, 0) is 6.42 Å². The molecule has 0 saturated heterocycles. The van der Waals surface area contributed by atoms with Gasteiger partial charge in [-0.3, -0.25) is 0 Å². The number of aryl methyl sites for hydroxylation is 1. The van der Waals surface area contributed by atoms with Gasteiger partial charge in [-0.25, -0.2) is 0 Å². The second-order valence-electron chi connectivity index (χ2n) is 3.78. The van der Waals surface area contributed by atoms with Crippen LogP contribution in [0.15, 0.2) is 6.07 Å². The molecule has 0 spiro atoms. The van der Waals surface area contributed by atoms with Crippen LogP contribution in [0.1, 0.15) is 23.1 Å². The average molecular weight is 192 g/mol. The molecule has 0 aliphatic carbocycles. The molecule has 76 valence electrons.